The molecule has 218 valence electrons. The molecule has 7 aromatic rings. The number of furan rings is 1. The molecule has 9 rings (SSSR count). The van der Waals surface area contributed by atoms with Gasteiger partial charge in [-0.05, 0) is 53.1 Å². The number of allylic oxidation sites excluding steroid dienone is 2. The SMILES string of the molecule is C1=CC2NC(c3ccc(-c4nc(-c5ccccc5)cc(-c5ccc(-c6ccc7oc8ccccc8c7c6)cc5)n4)cc3)=CN2C=C1. The second kappa shape index (κ2) is 10.8. The largest absolute Gasteiger partial charge is 0.456 e. The van der Waals surface area contributed by atoms with Crippen LogP contribution in [0.1, 0.15) is 5.56 Å². The number of fused-ring (bicyclic) bond motifs is 4. The smallest absolute Gasteiger partial charge is 0.160 e. The van der Waals surface area contributed by atoms with Crippen LogP contribution < -0.4 is 5.32 Å². The lowest BCUT2D eigenvalue weighted by Gasteiger charge is -2.20. The Kier molecular flexibility index (Phi) is 6.13. The van der Waals surface area contributed by atoms with Gasteiger partial charge in [-0.3, -0.25) is 0 Å². The third kappa shape index (κ3) is 4.66. The molecule has 5 nitrogen and oxygen atoms in total. The first-order valence-corrected chi connectivity index (χ1v) is 15.4. The number of hydrogen-bond acceptors (Lipinski definition) is 5. The molecule has 0 saturated carbocycles. The standard InChI is InChI=1S/C41H28N4O/c1-2-8-28(9-3-1)35-25-36(44-41(43-35)31-19-17-30(18-20-31)37-26-45-23-7-6-12-40(45)42-37)29-15-13-27(14-16-29)32-21-22-39-34(24-32)33-10-4-5-11-38(33)46-39/h1-26,40,42H. The molecular formula is C41H28N4O. The average molecular weight is 593 g/mol. The van der Waals surface area contributed by atoms with Crippen molar-refractivity contribution in [3.05, 3.63) is 164 Å². The van der Waals surface area contributed by atoms with Crippen molar-refractivity contribution in [2.24, 2.45) is 0 Å². The van der Waals surface area contributed by atoms with Gasteiger partial charge in [-0.1, -0.05) is 109 Å². The number of para-hydroxylation sites is 1. The number of benzene rings is 5. The summed E-state index contributed by atoms with van der Waals surface area (Å²) in [4.78, 5) is 12.3. The molecule has 0 amide bonds. The summed E-state index contributed by atoms with van der Waals surface area (Å²) >= 11 is 0. The molecule has 0 bridgehead atoms. The third-order valence-electron chi connectivity index (χ3n) is 8.71. The van der Waals surface area contributed by atoms with Gasteiger partial charge in [-0.25, -0.2) is 9.97 Å². The fraction of sp³-hybridized carbons (Fsp3) is 0.0244. The Morgan fingerprint density at radius 1 is 0.543 bits per heavy atom. The number of rotatable bonds is 5. The highest BCUT2D eigenvalue weighted by molar-refractivity contribution is 6.06. The average Bonchev–Trinajstić information content (AvgIpc) is 3.74. The summed E-state index contributed by atoms with van der Waals surface area (Å²) in [6.07, 6.45) is 10.6. The van der Waals surface area contributed by atoms with Gasteiger partial charge in [-0.15, -0.1) is 0 Å². The van der Waals surface area contributed by atoms with Crippen molar-refractivity contribution in [2.75, 3.05) is 0 Å². The lowest BCUT2D eigenvalue weighted by molar-refractivity contribution is 0.427. The van der Waals surface area contributed by atoms with E-state index in [1.54, 1.807) is 0 Å². The summed E-state index contributed by atoms with van der Waals surface area (Å²) in [5.74, 6) is 0.695. The van der Waals surface area contributed by atoms with E-state index in [0.717, 1.165) is 72.4 Å². The molecule has 1 unspecified atom stereocenters. The van der Waals surface area contributed by atoms with Crippen molar-refractivity contribution in [1.29, 1.82) is 0 Å². The summed E-state index contributed by atoms with van der Waals surface area (Å²) in [6, 6.07) is 44.0. The lowest BCUT2D eigenvalue weighted by atomic mass is 10.00. The molecule has 5 aromatic carbocycles. The quantitative estimate of drug-likeness (QED) is 0.216. The monoisotopic (exact) mass is 592 g/mol. The molecule has 0 saturated heterocycles. The van der Waals surface area contributed by atoms with Crippen LogP contribution in [0.4, 0.5) is 0 Å². The van der Waals surface area contributed by atoms with Crippen LogP contribution in [0.2, 0.25) is 0 Å². The van der Waals surface area contributed by atoms with E-state index >= 15 is 0 Å². The summed E-state index contributed by atoms with van der Waals surface area (Å²) < 4.78 is 6.04. The topological polar surface area (TPSA) is 54.2 Å². The van der Waals surface area contributed by atoms with Crippen LogP contribution in [-0.2, 0) is 0 Å². The predicted octanol–water partition coefficient (Wildman–Crippen LogP) is 9.66. The van der Waals surface area contributed by atoms with Crippen molar-refractivity contribution in [1.82, 2.24) is 20.2 Å². The second-order valence-corrected chi connectivity index (χ2v) is 11.6. The van der Waals surface area contributed by atoms with Crippen LogP contribution in [0.15, 0.2) is 162 Å². The maximum atomic E-state index is 6.04. The predicted molar refractivity (Wildman–Crippen MR) is 186 cm³/mol. The fourth-order valence-corrected chi connectivity index (χ4v) is 6.28. The van der Waals surface area contributed by atoms with E-state index in [1.807, 2.05) is 36.4 Å². The fourth-order valence-electron chi connectivity index (χ4n) is 6.28. The number of nitrogens with one attached hydrogen (secondary N) is 1. The van der Waals surface area contributed by atoms with Crippen molar-refractivity contribution in [2.45, 2.75) is 6.17 Å². The summed E-state index contributed by atoms with van der Waals surface area (Å²) in [5, 5.41) is 5.83. The van der Waals surface area contributed by atoms with E-state index in [1.165, 1.54) is 0 Å². The molecule has 0 radical (unpaired) electrons. The van der Waals surface area contributed by atoms with E-state index < -0.39 is 0 Å². The van der Waals surface area contributed by atoms with Gasteiger partial charge in [0.25, 0.3) is 0 Å². The maximum absolute atomic E-state index is 6.04. The van der Waals surface area contributed by atoms with Crippen LogP contribution in [0.3, 0.4) is 0 Å². The zero-order valence-corrected chi connectivity index (χ0v) is 24.8. The minimum absolute atomic E-state index is 0.160. The van der Waals surface area contributed by atoms with Gasteiger partial charge in [-0.2, -0.15) is 0 Å². The van der Waals surface area contributed by atoms with Gasteiger partial charge in [0.05, 0.1) is 17.1 Å². The highest BCUT2D eigenvalue weighted by atomic mass is 16.3. The van der Waals surface area contributed by atoms with E-state index in [0.29, 0.717) is 5.82 Å². The van der Waals surface area contributed by atoms with Gasteiger partial charge in [0.15, 0.2) is 5.82 Å². The summed E-state index contributed by atoms with van der Waals surface area (Å²) in [5.41, 5.74) is 11.1. The van der Waals surface area contributed by atoms with Crippen molar-refractivity contribution >= 4 is 27.6 Å². The van der Waals surface area contributed by atoms with Crippen LogP contribution in [-0.4, -0.2) is 21.0 Å². The Bertz CT molecular complexity index is 2330. The van der Waals surface area contributed by atoms with E-state index in [2.05, 4.69) is 132 Å². The highest BCUT2D eigenvalue weighted by Crippen LogP contribution is 2.34. The van der Waals surface area contributed by atoms with E-state index in [-0.39, 0.29) is 6.17 Å². The zero-order chi connectivity index (χ0) is 30.5. The summed E-state index contributed by atoms with van der Waals surface area (Å²) in [6.45, 7) is 0. The molecular weight excluding hydrogens is 564 g/mol. The first kappa shape index (κ1) is 26.2. The van der Waals surface area contributed by atoms with Crippen LogP contribution in [0.5, 0.6) is 0 Å². The zero-order valence-electron chi connectivity index (χ0n) is 24.8. The number of aromatic nitrogens is 2. The number of hydrogen-bond donors (Lipinski definition) is 1. The molecule has 0 aliphatic carbocycles. The van der Waals surface area contributed by atoms with Crippen molar-refractivity contribution in [3.63, 3.8) is 0 Å². The van der Waals surface area contributed by atoms with Crippen LogP contribution >= 0.6 is 0 Å². The molecule has 2 aliphatic rings. The molecule has 4 heterocycles. The number of nitrogens with zero attached hydrogens (tertiary/aromatic N) is 3. The van der Waals surface area contributed by atoms with Crippen molar-refractivity contribution in [3.8, 4) is 45.0 Å². The van der Waals surface area contributed by atoms with E-state index in [4.69, 9.17) is 14.4 Å². The minimum Gasteiger partial charge on any atom is -0.456 e. The molecule has 0 fully saturated rings. The van der Waals surface area contributed by atoms with Gasteiger partial charge in [0, 0.05) is 39.9 Å². The second-order valence-electron chi connectivity index (χ2n) is 11.6. The molecule has 1 N–H and O–H groups in total. The Morgan fingerprint density at radius 2 is 1.20 bits per heavy atom. The van der Waals surface area contributed by atoms with Gasteiger partial charge < -0.3 is 14.6 Å². The molecule has 5 heteroatoms. The Balaban J connectivity index is 1.06. The first-order chi connectivity index (χ1) is 22.7. The summed E-state index contributed by atoms with van der Waals surface area (Å²) in [7, 11) is 0. The molecule has 1 atom stereocenters. The third-order valence-corrected chi connectivity index (χ3v) is 8.71. The normalized spacial score (nSPS) is 15.3. The molecule has 46 heavy (non-hydrogen) atoms. The minimum atomic E-state index is 0.160. The maximum Gasteiger partial charge on any atom is 0.160 e. The Morgan fingerprint density at radius 3 is 2.00 bits per heavy atom. The van der Waals surface area contributed by atoms with Crippen LogP contribution in [0, 0.1) is 0 Å². The Labute approximate surface area is 266 Å². The van der Waals surface area contributed by atoms with Crippen LogP contribution in [0.25, 0.3) is 72.7 Å². The molecule has 2 aliphatic heterocycles. The van der Waals surface area contributed by atoms with Gasteiger partial charge >= 0.3 is 0 Å². The van der Waals surface area contributed by atoms with Gasteiger partial charge in [0.2, 0.25) is 0 Å². The molecule has 2 aromatic heterocycles. The van der Waals surface area contributed by atoms with E-state index in [9.17, 15) is 0 Å². The highest BCUT2D eigenvalue weighted by Gasteiger charge is 2.22. The van der Waals surface area contributed by atoms with Gasteiger partial charge in [0.1, 0.15) is 17.3 Å². The first-order valence-electron chi connectivity index (χ1n) is 15.4. The lowest BCUT2D eigenvalue weighted by Crippen LogP contribution is -2.31. The van der Waals surface area contributed by atoms with Crippen molar-refractivity contribution < 1.29 is 4.42 Å². The Hall–Kier alpha value is -6.20. The molecule has 0 spiro atoms.